The lowest BCUT2D eigenvalue weighted by atomic mass is 10.8. The van der Waals surface area contributed by atoms with Crippen LogP contribution in [0.2, 0.25) is 0 Å². The van der Waals surface area contributed by atoms with Gasteiger partial charge in [0.25, 0.3) is 0 Å². The fourth-order valence-corrected chi connectivity index (χ4v) is 3.93. The molecule has 0 saturated heterocycles. The summed E-state index contributed by atoms with van der Waals surface area (Å²) in [6.45, 7) is 5.99. The van der Waals surface area contributed by atoms with Gasteiger partial charge in [-0.2, -0.15) is 11.1 Å². The molecule has 0 unspecified atom stereocenters. The van der Waals surface area contributed by atoms with Crippen molar-refractivity contribution in [3.63, 3.8) is 0 Å². The van der Waals surface area contributed by atoms with Gasteiger partial charge in [0.15, 0.2) is 0 Å². The monoisotopic (exact) mass is 186 g/mol. The molecule has 0 amide bonds. The first-order valence-corrected chi connectivity index (χ1v) is 7.03. The van der Waals surface area contributed by atoms with Crippen molar-refractivity contribution in [3.05, 3.63) is 35.3 Å². The van der Waals surface area contributed by atoms with Gasteiger partial charge in [-0.3, -0.25) is 0 Å². The van der Waals surface area contributed by atoms with Crippen LogP contribution in [0.5, 0.6) is 0 Å². The van der Waals surface area contributed by atoms with Gasteiger partial charge in [-0.05, 0) is 20.8 Å². The van der Waals surface area contributed by atoms with E-state index in [-0.39, 0.29) is 0 Å². The van der Waals surface area contributed by atoms with Crippen molar-refractivity contribution in [1.29, 1.82) is 0 Å². The highest BCUT2D eigenvalue weighted by Crippen LogP contribution is 2.14. The van der Waals surface area contributed by atoms with Gasteiger partial charge < -0.3 is 0 Å². The van der Waals surface area contributed by atoms with Crippen LogP contribution < -0.4 is 0 Å². The number of halogens is 1. The minimum absolute atomic E-state index is 1.82. The van der Waals surface area contributed by atoms with E-state index in [9.17, 15) is 0 Å². The molecule has 0 saturated carbocycles. The van der Waals surface area contributed by atoms with Crippen LogP contribution in [0.1, 0.15) is 20.8 Å². The summed E-state index contributed by atoms with van der Waals surface area (Å²) < 4.78 is 0. The number of hydrogen-bond donors (Lipinski definition) is 0. The third-order valence-corrected chi connectivity index (χ3v) is 4.93. The Kier molecular flexibility index (Phi) is 5.25. The van der Waals surface area contributed by atoms with E-state index in [1.807, 2.05) is 39.0 Å². The Morgan fingerprint density at radius 3 is 1.27 bits per heavy atom. The van der Waals surface area contributed by atoms with Gasteiger partial charge in [0, 0.05) is 0 Å². The average molecular weight is 187 g/mol. The number of hydrogen-bond acceptors (Lipinski definition) is 0. The largest absolute Gasteiger partial charge is 0.225 e. The molecule has 0 aromatic heterocycles. The molecule has 2 heteroatoms. The molecular weight excluding hydrogens is 172 g/mol. The first-order chi connectivity index (χ1) is 5.18. The van der Waals surface area contributed by atoms with Crippen molar-refractivity contribution in [3.8, 4) is 0 Å². The van der Waals surface area contributed by atoms with Gasteiger partial charge >= 0.3 is 0 Å². The van der Waals surface area contributed by atoms with Crippen LogP contribution in [-0.2, 0) is 0 Å². The standard InChI is InChI=1S/C9H15ClSi/c1-4-7-11(10,8-5-2)9-6-3/h4-9H,1-3H3. The maximum absolute atomic E-state index is 6.32. The van der Waals surface area contributed by atoms with E-state index < -0.39 is 7.38 Å². The number of allylic oxidation sites excluding steroid dienone is 3. The molecule has 0 aliphatic rings. The Labute approximate surface area is 75.0 Å². The smallest absolute Gasteiger partial charge is 0.151 e. The first-order valence-electron chi connectivity index (χ1n) is 3.79. The van der Waals surface area contributed by atoms with Crippen LogP contribution in [0.4, 0.5) is 0 Å². The van der Waals surface area contributed by atoms with Gasteiger partial charge in [-0.25, -0.2) is 0 Å². The van der Waals surface area contributed by atoms with Crippen molar-refractivity contribution >= 4 is 18.5 Å². The zero-order chi connectivity index (χ0) is 8.74. The molecule has 0 radical (unpaired) electrons. The predicted molar refractivity (Wildman–Crippen MR) is 56.0 cm³/mol. The molecule has 0 nitrogen and oxygen atoms in total. The molecule has 0 rings (SSSR count). The van der Waals surface area contributed by atoms with Gasteiger partial charge in [0.1, 0.15) is 0 Å². The van der Waals surface area contributed by atoms with Crippen molar-refractivity contribution in [2.45, 2.75) is 20.8 Å². The zero-order valence-corrected chi connectivity index (χ0v) is 9.10. The molecule has 0 heterocycles. The summed E-state index contributed by atoms with van der Waals surface area (Å²) >= 11 is 6.32. The van der Waals surface area contributed by atoms with Crippen molar-refractivity contribution in [2.75, 3.05) is 0 Å². The fourth-order valence-electron chi connectivity index (χ4n) is 0.933. The highest BCUT2D eigenvalue weighted by atomic mass is 35.6. The average Bonchev–Trinajstić information content (AvgIpc) is 1.88. The highest BCUT2D eigenvalue weighted by molar-refractivity contribution is 7.28. The molecule has 11 heavy (non-hydrogen) atoms. The summed E-state index contributed by atoms with van der Waals surface area (Å²) in [5.74, 6) is 0. The van der Waals surface area contributed by atoms with E-state index in [0.29, 0.717) is 0 Å². The molecule has 0 bridgehead atoms. The van der Waals surface area contributed by atoms with Crippen LogP contribution in [0.15, 0.2) is 35.3 Å². The molecule has 0 N–H and O–H groups in total. The van der Waals surface area contributed by atoms with Crippen LogP contribution >= 0.6 is 11.1 Å². The second kappa shape index (κ2) is 5.39. The van der Waals surface area contributed by atoms with Crippen LogP contribution in [-0.4, -0.2) is 7.38 Å². The molecule has 0 aliphatic heterocycles. The third kappa shape index (κ3) is 4.22. The predicted octanol–water partition coefficient (Wildman–Crippen LogP) is 3.52. The molecule has 0 aliphatic carbocycles. The maximum atomic E-state index is 6.32. The Balaban J connectivity index is 4.51. The van der Waals surface area contributed by atoms with E-state index in [2.05, 4.69) is 17.1 Å². The summed E-state index contributed by atoms with van der Waals surface area (Å²) in [6.07, 6.45) is 6.04. The third-order valence-electron chi connectivity index (χ3n) is 1.27. The zero-order valence-electron chi connectivity index (χ0n) is 7.34. The van der Waals surface area contributed by atoms with Gasteiger partial charge in [-0.15, -0.1) is 0 Å². The molecular formula is C9H15ClSi. The normalized spacial score (nSPS) is 18.5. The fraction of sp³-hybridized carbons (Fsp3) is 0.333. The topological polar surface area (TPSA) is 0 Å². The Morgan fingerprint density at radius 2 is 1.09 bits per heavy atom. The molecule has 0 fully saturated rings. The van der Waals surface area contributed by atoms with Gasteiger partial charge in [0.2, 0.25) is 7.38 Å². The van der Waals surface area contributed by atoms with Gasteiger partial charge in [-0.1, -0.05) is 35.3 Å². The lowest BCUT2D eigenvalue weighted by molar-refractivity contribution is 1.73. The van der Waals surface area contributed by atoms with Crippen LogP contribution in [0, 0.1) is 0 Å². The maximum Gasteiger partial charge on any atom is 0.225 e. The Morgan fingerprint density at radius 1 is 0.818 bits per heavy atom. The van der Waals surface area contributed by atoms with Crippen molar-refractivity contribution in [1.82, 2.24) is 0 Å². The van der Waals surface area contributed by atoms with Crippen molar-refractivity contribution in [2.24, 2.45) is 0 Å². The summed E-state index contributed by atoms with van der Waals surface area (Å²) in [5, 5.41) is 0. The van der Waals surface area contributed by atoms with Crippen LogP contribution in [0.25, 0.3) is 0 Å². The molecule has 0 atom stereocenters. The first kappa shape index (κ1) is 10.7. The summed E-state index contributed by atoms with van der Waals surface area (Å²) in [5.41, 5.74) is 6.28. The summed E-state index contributed by atoms with van der Waals surface area (Å²) in [4.78, 5) is 0. The molecule has 0 spiro atoms. The Bertz CT molecular complexity index is 149. The minimum Gasteiger partial charge on any atom is -0.151 e. The Hall–Kier alpha value is -0.273. The second-order valence-corrected chi connectivity index (χ2v) is 6.95. The van der Waals surface area contributed by atoms with E-state index >= 15 is 0 Å². The lowest BCUT2D eigenvalue weighted by Gasteiger charge is -2.08. The quantitative estimate of drug-likeness (QED) is 0.468. The molecule has 0 aromatic rings. The minimum atomic E-state index is -1.82. The highest BCUT2D eigenvalue weighted by Gasteiger charge is 2.18. The SMILES string of the molecule is CC=C[Si](Cl)(C=CC)C=CC. The summed E-state index contributed by atoms with van der Waals surface area (Å²) in [7, 11) is -1.82. The second-order valence-electron chi connectivity index (χ2n) is 2.33. The molecule has 0 aromatic carbocycles. The number of rotatable bonds is 3. The molecule has 62 valence electrons. The van der Waals surface area contributed by atoms with Gasteiger partial charge in [0.05, 0.1) is 0 Å². The van der Waals surface area contributed by atoms with E-state index in [1.165, 1.54) is 0 Å². The van der Waals surface area contributed by atoms with E-state index in [4.69, 9.17) is 11.1 Å². The van der Waals surface area contributed by atoms with E-state index in [1.54, 1.807) is 0 Å². The summed E-state index contributed by atoms with van der Waals surface area (Å²) in [6, 6.07) is 0. The van der Waals surface area contributed by atoms with E-state index in [0.717, 1.165) is 0 Å². The van der Waals surface area contributed by atoms with Crippen LogP contribution in [0.3, 0.4) is 0 Å². The van der Waals surface area contributed by atoms with Crippen molar-refractivity contribution < 1.29 is 0 Å². The lowest BCUT2D eigenvalue weighted by Crippen LogP contribution is -2.18.